The first kappa shape index (κ1) is 9.45. The molecule has 3 nitrogen and oxygen atoms in total. The molecule has 0 aromatic heterocycles. The second-order valence-electron chi connectivity index (χ2n) is 3.04. The van der Waals surface area contributed by atoms with E-state index in [0.29, 0.717) is 5.56 Å². The Morgan fingerprint density at radius 3 is 2.54 bits per heavy atom. The third-order valence-electron chi connectivity index (χ3n) is 1.58. The standard InChI is InChI=1S/C10H11NO2/c1-8(2)7-9-5-3-4-6-10(9)11(12)13/h3-7H,1-2H3. The van der Waals surface area contributed by atoms with Crippen LogP contribution in [-0.4, -0.2) is 4.92 Å². The maximum Gasteiger partial charge on any atom is 0.276 e. The second kappa shape index (κ2) is 3.85. The molecule has 0 amide bonds. The Kier molecular flexibility index (Phi) is 2.80. The van der Waals surface area contributed by atoms with Crippen molar-refractivity contribution in [3.63, 3.8) is 0 Å². The van der Waals surface area contributed by atoms with E-state index in [4.69, 9.17) is 0 Å². The largest absolute Gasteiger partial charge is 0.276 e. The molecule has 13 heavy (non-hydrogen) atoms. The topological polar surface area (TPSA) is 43.1 Å². The first-order valence-corrected chi connectivity index (χ1v) is 3.99. The summed E-state index contributed by atoms with van der Waals surface area (Å²) in [7, 11) is 0. The minimum Gasteiger partial charge on any atom is -0.258 e. The summed E-state index contributed by atoms with van der Waals surface area (Å²) in [5, 5.41) is 10.6. The Labute approximate surface area is 76.9 Å². The number of rotatable bonds is 2. The Morgan fingerprint density at radius 1 is 1.38 bits per heavy atom. The van der Waals surface area contributed by atoms with Gasteiger partial charge in [-0.3, -0.25) is 10.1 Å². The van der Waals surface area contributed by atoms with Gasteiger partial charge in [0, 0.05) is 6.07 Å². The summed E-state index contributed by atoms with van der Waals surface area (Å²) in [5.41, 5.74) is 1.87. The van der Waals surface area contributed by atoms with E-state index in [-0.39, 0.29) is 10.6 Å². The van der Waals surface area contributed by atoms with E-state index in [2.05, 4.69) is 0 Å². The minimum atomic E-state index is -0.366. The van der Waals surface area contributed by atoms with Gasteiger partial charge in [0.15, 0.2) is 0 Å². The summed E-state index contributed by atoms with van der Waals surface area (Å²) in [6, 6.07) is 6.71. The van der Waals surface area contributed by atoms with Crippen LogP contribution in [-0.2, 0) is 0 Å². The highest BCUT2D eigenvalue weighted by Gasteiger charge is 2.08. The second-order valence-corrected chi connectivity index (χ2v) is 3.04. The van der Waals surface area contributed by atoms with Crippen LogP contribution in [0.4, 0.5) is 5.69 Å². The highest BCUT2D eigenvalue weighted by Crippen LogP contribution is 2.20. The normalized spacial score (nSPS) is 9.38. The quantitative estimate of drug-likeness (QED) is 0.514. The molecule has 0 fully saturated rings. The minimum absolute atomic E-state index is 0.156. The van der Waals surface area contributed by atoms with Crippen molar-refractivity contribution in [1.29, 1.82) is 0 Å². The maximum absolute atomic E-state index is 10.6. The lowest BCUT2D eigenvalue weighted by Crippen LogP contribution is -1.90. The van der Waals surface area contributed by atoms with Crippen LogP contribution >= 0.6 is 0 Å². The molecule has 0 aliphatic carbocycles. The highest BCUT2D eigenvalue weighted by atomic mass is 16.6. The van der Waals surface area contributed by atoms with Crippen molar-refractivity contribution in [2.75, 3.05) is 0 Å². The van der Waals surface area contributed by atoms with Gasteiger partial charge in [-0.2, -0.15) is 0 Å². The smallest absolute Gasteiger partial charge is 0.258 e. The molecule has 1 aromatic rings. The fourth-order valence-corrected chi connectivity index (χ4v) is 1.09. The number of nitrogens with zero attached hydrogens (tertiary/aromatic N) is 1. The van der Waals surface area contributed by atoms with Crippen LogP contribution < -0.4 is 0 Å². The maximum atomic E-state index is 10.6. The molecule has 0 unspecified atom stereocenters. The Hall–Kier alpha value is -1.64. The highest BCUT2D eigenvalue weighted by molar-refractivity contribution is 5.62. The zero-order valence-corrected chi connectivity index (χ0v) is 7.65. The van der Waals surface area contributed by atoms with E-state index in [1.54, 1.807) is 24.3 Å². The fraction of sp³-hybridized carbons (Fsp3) is 0.200. The Bertz CT molecular complexity index is 352. The number of para-hydroxylation sites is 1. The molecule has 0 saturated carbocycles. The van der Waals surface area contributed by atoms with Crippen molar-refractivity contribution in [1.82, 2.24) is 0 Å². The van der Waals surface area contributed by atoms with Crippen LogP contribution in [0.2, 0.25) is 0 Å². The predicted octanol–water partition coefficient (Wildman–Crippen LogP) is 3.02. The van der Waals surface area contributed by atoms with Crippen LogP contribution in [0.1, 0.15) is 19.4 Å². The number of hydrogen-bond donors (Lipinski definition) is 0. The van der Waals surface area contributed by atoms with Gasteiger partial charge in [0.1, 0.15) is 0 Å². The average molecular weight is 177 g/mol. The van der Waals surface area contributed by atoms with Crippen LogP contribution in [0.25, 0.3) is 6.08 Å². The van der Waals surface area contributed by atoms with Crippen LogP contribution in [0.5, 0.6) is 0 Å². The summed E-state index contributed by atoms with van der Waals surface area (Å²) in [5.74, 6) is 0. The van der Waals surface area contributed by atoms with Crippen LogP contribution in [0, 0.1) is 10.1 Å². The Balaban J connectivity index is 3.20. The van der Waals surface area contributed by atoms with E-state index >= 15 is 0 Å². The molecule has 0 heterocycles. The van der Waals surface area contributed by atoms with E-state index in [0.717, 1.165) is 5.57 Å². The first-order valence-electron chi connectivity index (χ1n) is 3.99. The molecule has 68 valence electrons. The molecule has 0 N–H and O–H groups in total. The monoisotopic (exact) mass is 177 g/mol. The lowest BCUT2D eigenvalue weighted by molar-refractivity contribution is -0.385. The fourth-order valence-electron chi connectivity index (χ4n) is 1.09. The zero-order chi connectivity index (χ0) is 9.84. The van der Waals surface area contributed by atoms with Gasteiger partial charge in [0.05, 0.1) is 10.5 Å². The van der Waals surface area contributed by atoms with Gasteiger partial charge in [-0.1, -0.05) is 17.7 Å². The van der Waals surface area contributed by atoms with Crippen molar-refractivity contribution < 1.29 is 4.92 Å². The van der Waals surface area contributed by atoms with Crippen molar-refractivity contribution in [3.05, 3.63) is 45.5 Å². The van der Waals surface area contributed by atoms with Crippen molar-refractivity contribution in [2.45, 2.75) is 13.8 Å². The van der Waals surface area contributed by atoms with Crippen molar-refractivity contribution in [3.8, 4) is 0 Å². The number of nitro groups is 1. The Morgan fingerprint density at radius 2 is 2.00 bits per heavy atom. The zero-order valence-electron chi connectivity index (χ0n) is 7.65. The molecule has 0 spiro atoms. The van der Waals surface area contributed by atoms with Gasteiger partial charge in [-0.05, 0) is 26.0 Å². The van der Waals surface area contributed by atoms with Gasteiger partial charge in [0.2, 0.25) is 0 Å². The molecule has 0 bridgehead atoms. The van der Waals surface area contributed by atoms with Crippen molar-refractivity contribution in [2.24, 2.45) is 0 Å². The average Bonchev–Trinajstić information content (AvgIpc) is 2.03. The molecule has 3 heteroatoms. The molecule has 0 radical (unpaired) electrons. The lowest BCUT2D eigenvalue weighted by atomic mass is 10.1. The van der Waals surface area contributed by atoms with E-state index in [1.165, 1.54) is 6.07 Å². The van der Waals surface area contributed by atoms with Gasteiger partial charge >= 0.3 is 0 Å². The molecule has 0 atom stereocenters. The molecule has 1 rings (SSSR count). The SMILES string of the molecule is CC(C)=Cc1ccccc1[N+](=O)[O-]. The van der Waals surface area contributed by atoms with E-state index in [9.17, 15) is 10.1 Å². The summed E-state index contributed by atoms with van der Waals surface area (Å²) >= 11 is 0. The summed E-state index contributed by atoms with van der Waals surface area (Å²) < 4.78 is 0. The van der Waals surface area contributed by atoms with Gasteiger partial charge in [-0.15, -0.1) is 0 Å². The molecule has 0 aliphatic rings. The van der Waals surface area contributed by atoms with E-state index < -0.39 is 0 Å². The molecule has 0 aliphatic heterocycles. The third-order valence-corrected chi connectivity index (χ3v) is 1.58. The predicted molar refractivity (Wildman–Crippen MR) is 52.4 cm³/mol. The van der Waals surface area contributed by atoms with Gasteiger partial charge in [0.25, 0.3) is 5.69 Å². The van der Waals surface area contributed by atoms with Gasteiger partial charge in [-0.25, -0.2) is 0 Å². The number of benzene rings is 1. The van der Waals surface area contributed by atoms with Gasteiger partial charge < -0.3 is 0 Å². The van der Waals surface area contributed by atoms with Crippen molar-refractivity contribution >= 4 is 11.8 Å². The third kappa shape index (κ3) is 2.40. The summed E-state index contributed by atoms with van der Waals surface area (Å²) in [6.45, 7) is 3.83. The molecular formula is C10H11NO2. The van der Waals surface area contributed by atoms with Crippen LogP contribution in [0.3, 0.4) is 0 Å². The first-order chi connectivity index (χ1) is 6.11. The molecule has 1 aromatic carbocycles. The summed E-state index contributed by atoms with van der Waals surface area (Å²) in [4.78, 5) is 10.2. The number of nitro benzene ring substituents is 1. The van der Waals surface area contributed by atoms with Crippen LogP contribution in [0.15, 0.2) is 29.8 Å². The summed E-state index contributed by atoms with van der Waals surface area (Å²) in [6.07, 6.45) is 1.80. The number of allylic oxidation sites excluding steroid dienone is 1. The molecule has 0 saturated heterocycles. The number of hydrogen-bond acceptors (Lipinski definition) is 2. The van der Waals surface area contributed by atoms with E-state index in [1.807, 2.05) is 13.8 Å². The molecular weight excluding hydrogens is 166 g/mol. The lowest BCUT2D eigenvalue weighted by Gasteiger charge is -1.96.